The molecular weight excluding hydrogens is 272 g/mol. The van der Waals surface area contributed by atoms with Gasteiger partial charge in [-0.2, -0.15) is 0 Å². The predicted molar refractivity (Wildman–Crippen MR) is 60.6 cm³/mol. The molecule has 2 nitrogen and oxygen atoms in total. The van der Waals surface area contributed by atoms with Crippen molar-refractivity contribution in [2.45, 2.75) is 71.1 Å². The van der Waals surface area contributed by atoms with Gasteiger partial charge in [-0.1, -0.05) is 58.3 Å². The molecule has 15 heavy (non-hydrogen) atoms. The van der Waals surface area contributed by atoms with Crippen molar-refractivity contribution in [3.05, 3.63) is 0 Å². The van der Waals surface area contributed by atoms with Gasteiger partial charge in [-0.25, -0.2) is 0 Å². The van der Waals surface area contributed by atoms with Crippen LogP contribution in [0.25, 0.3) is 0 Å². The van der Waals surface area contributed by atoms with Gasteiger partial charge in [-0.15, -0.1) is 0 Å². The molecular formula is C12H25MoO2+. The molecule has 0 rings (SSSR count). The van der Waals surface area contributed by atoms with Gasteiger partial charge in [-0.3, -0.25) is 4.79 Å². The molecule has 0 bridgehead atoms. The standard InChI is InChI=1S/C12H24O2.Mo/c1-2-3-4-5-6-7-8-9-10-11-12(13)14;/h2-11H2,1H3,(H,13,14);/p+1. The van der Waals surface area contributed by atoms with E-state index in [1.807, 2.05) is 0 Å². The average molecular weight is 297 g/mol. The molecule has 0 aromatic rings. The normalized spacial score (nSPS) is 9.67. The largest absolute Gasteiger partial charge is 1.00 e. The summed E-state index contributed by atoms with van der Waals surface area (Å²) in [5, 5.41) is 8.41. The first-order valence-electron chi connectivity index (χ1n) is 5.99. The van der Waals surface area contributed by atoms with E-state index in [0.717, 1.165) is 12.8 Å². The van der Waals surface area contributed by atoms with Gasteiger partial charge in [-0.05, 0) is 6.42 Å². The van der Waals surface area contributed by atoms with Gasteiger partial charge in [0.15, 0.2) is 0 Å². The van der Waals surface area contributed by atoms with Crippen molar-refractivity contribution in [2.24, 2.45) is 0 Å². The van der Waals surface area contributed by atoms with E-state index in [9.17, 15) is 4.79 Å². The second-order valence-corrected chi connectivity index (χ2v) is 3.97. The van der Waals surface area contributed by atoms with Gasteiger partial charge in [0.25, 0.3) is 0 Å². The van der Waals surface area contributed by atoms with Gasteiger partial charge < -0.3 is 5.11 Å². The van der Waals surface area contributed by atoms with Crippen LogP contribution in [0.15, 0.2) is 0 Å². The first kappa shape index (κ1) is 17.5. The molecule has 0 radical (unpaired) electrons. The number of hydrogen-bond donors (Lipinski definition) is 1. The van der Waals surface area contributed by atoms with E-state index in [4.69, 9.17) is 5.11 Å². The van der Waals surface area contributed by atoms with Gasteiger partial charge >= 0.3 is 7.40 Å². The smallest absolute Gasteiger partial charge is 0.481 e. The zero-order valence-corrected chi connectivity index (χ0v) is 11.8. The maximum Gasteiger partial charge on any atom is 1.00 e. The predicted octanol–water partition coefficient (Wildman–Crippen LogP) is 4.10. The second kappa shape index (κ2) is 14.2. The molecule has 0 heterocycles. The number of carboxylic acids is 1. The van der Waals surface area contributed by atoms with Crippen LogP contribution in [0.1, 0.15) is 72.6 Å². The van der Waals surface area contributed by atoms with Crippen molar-refractivity contribution in [3.8, 4) is 0 Å². The maximum absolute atomic E-state index is 10.2. The summed E-state index contributed by atoms with van der Waals surface area (Å²) in [5.41, 5.74) is 0. The third-order valence-electron chi connectivity index (χ3n) is 2.49. The Morgan fingerprint density at radius 1 is 0.933 bits per heavy atom. The minimum atomic E-state index is -0.659. The van der Waals surface area contributed by atoms with Crippen molar-refractivity contribution in [1.82, 2.24) is 0 Å². The first-order valence-corrected chi connectivity index (χ1v) is 5.99. The minimum absolute atomic E-state index is 0. The topological polar surface area (TPSA) is 37.3 Å². The molecule has 0 atom stereocenters. The van der Waals surface area contributed by atoms with E-state index in [1.165, 1.54) is 44.9 Å². The molecule has 0 amide bonds. The molecule has 0 aliphatic heterocycles. The molecule has 0 fully saturated rings. The summed E-state index contributed by atoms with van der Waals surface area (Å²) in [6.07, 6.45) is 11.5. The quantitative estimate of drug-likeness (QED) is 0.487. The van der Waals surface area contributed by atoms with Crippen LogP contribution < -0.4 is 0 Å². The Labute approximate surface area is 110 Å². The van der Waals surface area contributed by atoms with E-state index < -0.39 is 5.97 Å². The van der Waals surface area contributed by atoms with Gasteiger partial charge in [0, 0.05) is 27.5 Å². The van der Waals surface area contributed by atoms with E-state index in [2.05, 4.69) is 6.92 Å². The van der Waals surface area contributed by atoms with Gasteiger partial charge in [0.2, 0.25) is 0 Å². The number of carbonyl (C=O) groups is 1. The Morgan fingerprint density at radius 3 is 1.73 bits per heavy atom. The Balaban J connectivity index is -0.000000845. The summed E-state index contributed by atoms with van der Waals surface area (Å²) in [5.74, 6) is -0.659. The average Bonchev–Trinajstić information content (AvgIpc) is 2.15. The fourth-order valence-electron chi connectivity index (χ4n) is 1.59. The SMILES string of the molecule is CCCCCCCCCCCC(=O)O.[H+].[Mo]. The third-order valence-corrected chi connectivity index (χ3v) is 2.49. The molecule has 0 aliphatic rings. The molecule has 0 aromatic carbocycles. The van der Waals surface area contributed by atoms with Crippen molar-refractivity contribution in [3.63, 3.8) is 0 Å². The van der Waals surface area contributed by atoms with Crippen molar-refractivity contribution < 1.29 is 32.4 Å². The zero-order chi connectivity index (χ0) is 10.6. The third kappa shape index (κ3) is 16.8. The summed E-state index contributed by atoms with van der Waals surface area (Å²) in [7, 11) is 0. The number of hydrogen-bond acceptors (Lipinski definition) is 1. The molecule has 0 saturated heterocycles. The van der Waals surface area contributed by atoms with Crippen LogP contribution in [-0.2, 0) is 25.9 Å². The van der Waals surface area contributed by atoms with E-state index >= 15 is 0 Å². The fourth-order valence-corrected chi connectivity index (χ4v) is 1.59. The number of rotatable bonds is 10. The second-order valence-electron chi connectivity index (χ2n) is 3.97. The van der Waals surface area contributed by atoms with Crippen LogP contribution >= 0.6 is 0 Å². The molecule has 3 heteroatoms. The molecule has 0 unspecified atom stereocenters. The summed E-state index contributed by atoms with van der Waals surface area (Å²) in [6.45, 7) is 2.23. The van der Waals surface area contributed by atoms with E-state index in [1.54, 1.807) is 0 Å². The van der Waals surface area contributed by atoms with Crippen LogP contribution in [0.2, 0.25) is 0 Å². The van der Waals surface area contributed by atoms with Crippen molar-refractivity contribution in [1.29, 1.82) is 0 Å². The van der Waals surface area contributed by atoms with Gasteiger partial charge in [0.05, 0.1) is 0 Å². The molecule has 0 aliphatic carbocycles. The minimum Gasteiger partial charge on any atom is -0.481 e. The molecule has 1 N–H and O–H groups in total. The Hall–Kier alpha value is 0.158. The van der Waals surface area contributed by atoms with Crippen molar-refractivity contribution >= 4 is 5.97 Å². The molecule has 90 valence electrons. The summed E-state index contributed by atoms with van der Waals surface area (Å²) in [6, 6.07) is 0. The summed E-state index contributed by atoms with van der Waals surface area (Å²) >= 11 is 0. The summed E-state index contributed by atoms with van der Waals surface area (Å²) < 4.78 is 0. The Kier molecular flexibility index (Phi) is 16.6. The van der Waals surface area contributed by atoms with Crippen LogP contribution in [0.3, 0.4) is 0 Å². The van der Waals surface area contributed by atoms with Crippen LogP contribution in [0, 0.1) is 0 Å². The fraction of sp³-hybridized carbons (Fsp3) is 0.917. The van der Waals surface area contributed by atoms with E-state index in [0.29, 0.717) is 6.42 Å². The number of carboxylic acid groups (broad SMARTS) is 1. The monoisotopic (exact) mass is 299 g/mol. The van der Waals surface area contributed by atoms with Gasteiger partial charge in [0.1, 0.15) is 0 Å². The molecule has 0 spiro atoms. The van der Waals surface area contributed by atoms with Crippen LogP contribution in [0.4, 0.5) is 0 Å². The first-order chi connectivity index (χ1) is 6.77. The molecule has 0 aromatic heterocycles. The van der Waals surface area contributed by atoms with Crippen LogP contribution in [-0.4, -0.2) is 11.1 Å². The number of aliphatic carboxylic acids is 1. The van der Waals surface area contributed by atoms with Crippen LogP contribution in [0.5, 0.6) is 0 Å². The number of unbranched alkanes of at least 4 members (excludes halogenated alkanes) is 8. The zero-order valence-electron chi connectivity index (χ0n) is 10.8. The Morgan fingerprint density at radius 2 is 1.33 bits per heavy atom. The molecule has 0 saturated carbocycles. The Bertz CT molecular complexity index is 143. The van der Waals surface area contributed by atoms with Crippen molar-refractivity contribution in [2.75, 3.05) is 0 Å². The maximum atomic E-state index is 10.2. The summed E-state index contributed by atoms with van der Waals surface area (Å²) in [4.78, 5) is 10.2. The van der Waals surface area contributed by atoms with E-state index in [-0.39, 0.29) is 22.5 Å².